The van der Waals surface area contributed by atoms with Gasteiger partial charge in [0.25, 0.3) is 0 Å². The van der Waals surface area contributed by atoms with Crippen LogP contribution < -0.4 is 10.2 Å². The minimum atomic E-state index is -1.46. The zero-order valence-corrected chi connectivity index (χ0v) is 7.05. The molecule has 0 aromatic rings. The van der Waals surface area contributed by atoms with E-state index in [1.165, 1.54) is 6.92 Å². The minimum Gasteiger partial charge on any atom is -0.545 e. The van der Waals surface area contributed by atoms with E-state index < -0.39 is 11.9 Å². The molecule has 0 aliphatic carbocycles. The van der Waals surface area contributed by atoms with Crippen LogP contribution in [0.1, 0.15) is 26.7 Å². The third-order valence-electron chi connectivity index (χ3n) is 1.51. The van der Waals surface area contributed by atoms with Gasteiger partial charge < -0.3 is 19.8 Å². The summed E-state index contributed by atoms with van der Waals surface area (Å²) in [6, 6.07) is 0. The summed E-state index contributed by atoms with van der Waals surface area (Å²) < 4.78 is 0. The Hall–Kier alpha value is -1.32. The number of hydrogen-bond donors (Lipinski definition) is 0. The molecule has 0 saturated carbocycles. The predicted molar refractivity (Wildman–Crippen MR) is 37.6 cm³/mol. The highest BCUT2D eigenvalue weighted by Crippen LogP contribution is 2.09. The first-order valence-electron chi connectivity index (χ1n) is 3.63. The summed E-state index contributed by atoms with van der Waals surface area (Å²) in [4.78, 5) is 20.6. The van der Waals surface area contributed by atoms with E-state index in [-0.39, 0.29) is 17.6 Å². The molecule has 0 aliphatic rings. The summed E-state index contributed by atoms with van der Waals surface area (Å²) in [5.41, 5.74) is -0.436. The van der Waals surface area contributed by atoms with Crippen molar-refractivity contribution in [2.75, 3.05) is 0 Å². The fourth-order valence-electron chi connectivity index (χ4n) is 0.816. The molecule has 0 radical (unpaired) electrons. The Morgan fingerprint density at radius 3 is 1.92 bits per heavy atom. The normalized spacial score (nSPS) is 12.2. The minimum absolute atomic E-state index is 0.183. The highest BCUT2D eigenvalue weighted by atomic mass is 16.4. The van der Waals surface area contributed by atoms with Crippen molar-refractivity contribution in [1.29, 1.82) is 0 Å². The molecule has 0 fully saturated rings. The maximum absolute atomic E-state index is 10.4. The average Bonchev–Trinajstić information content (AvgIpc) is 1.98. The van der Waals surface area contributed by atoms with Crippen LogP contribution in [0, 0.1) is 0 Å². The summed E-state index contributed by atoms with van der Waals surface area (Å²) in [5, 5.41) is 20.6. The van der Waals surface area contributed by atoms with E-state index in [0.717, 1.165) is 0 Å². The van der Waals surface area contributed by atoms with Gasteiger partial charge in [0.15, 0.2) is 0 Å². The standard InChI is InChI=1S/C8H12O4/c1-3-4-6(8(11)12)5(2)7(9)10/h3-4H2,1-2H3,(H,9,10)(H,11,12)/p-2/b6-5-. The molecule has 4 heteroatoms. The lowest BCUT2D eigenvalue weighted by atomic mass is 10.1. The van der Waals surface area contributed by atoms with Gasteiger partial charge in [-0.15, -0.1) is 0 Å². The van der Waals surface area contributed by atoms with Crippen LogP contribution in [0.5, 0.6) is 0 Å². The largest absolute Gasteiger partial charge is 0.545 e. The molecule has 0 atom stereocenters. The second kappa shape index (κ2) is 4.54. The van der Waals surface area contributed by atoms with Crippen LogP contribution in [0.25, 0.3) is 0 Å². The van der Waals surface area contributed by atoms with E-state index >= 15 is 0 Å². The fourth-order valence-corrected chi connectivity index (χ4v) is 0.816. The predicted octanol–water partition coefficient (Wildman–Crippen LogP) is -1.40. The van der Waals surface area contributed by atoms with Crippen LogP contribution >= 0.6 is 0 Å². The number of carboxylic acid groups (broad SMARTS) is 2. The summed E-state index contributed by atoms with van der Waals surface area (Å²) in [6.45, 7) is 2.96. The Morgan fingerprint density at radius 1 is 1.17 bits per heavy atom. The molecule has 0 aromatic heterocycles. The Labute approximate surface area is 70.5 Å². The summed E-state index contributed by atoms with van der Waals surface area (Å²) >= 11 is 0. The summed E-state index contributed by atoms with van der Waals surface area (Å²) in [5.74, 6) is -2.89. The summed E-state index contributed by atoms with van der Waals surface area (Å²) in [6.07, 6.45) is 0.760. The Bertz CT molecular complexity index is 227. The second-order valence-corrected chi connectivity index (χ2v) is 2.43. The number of carboxylic acids is 2. The molecule has 0 aliphatic heterocycles. The number of hydrogen-bond acceptors (Lipinski definition) is 4. The smallest absolute Gasteiger partial charge is 0.0678 e. The van der Waals surface area contributed by atoms with Gasteiger partial charge in [-0.1, -0.05) is 13.3 Å². The van der Waals surface area contributed by atoms with Crippen molar-refractivity contribution in [3.8, 4) is 0 Å². The molecule has 0 heterocycles. The quantitative estimate of drug-likeness (QED) is 0.486. The van der Waals surface area contributed by atoms with Gasteiger partial charge >= 0.3 is 0 Å². The van der Waals surface area contributed by atoms with Crippen molar-refractivity contribution in [2.45, 2.75) is 26.7 Å². The van der Waals surface area contributed by atoms with Crippen molar-refractivity contribution in [3.63, 3.8) is 0 Å². The summed E-state index contributed by atoms with van der Waals surface area (Å²) in [7, 11) is 0. The topological polar surface area (TPSA) is 80.3 Å². The number of rotatable bonds is 4. The van der Waals surface area contributed by atoms with E-state index in [1.807, 2.05) is 0 Å². The molecule has 0 unspecified atom stereocenters. The Morgan fingerprint density at radius 2 is 1.67 bits per heavy atom. The van der Waals surface area contributed by atoms with Crippen molar-refractivity contribution in [2.24, 2.45) is 0 Å². The van der Waals surface area contributed by atoms with Gasteiger partial charge in [0.1, 0.15) is 0 Å². The van der Waals surface area contributed by atoms with Gasteiger partial charge in [0, 0.05) is 0 Å². The zero-order valence-electron chi connectivity index (χ0n) is 7.05. The molecule has 0 spiro atoms. The van der Waals surface area contributed by atoms with Crippen LogP contribution in [0.4, 0.5) is 0 Å². The van der Waals surface area contributed by atoms with Gasteiger partial charge in [-0.25, -0.2) is 0 Å². The van der Waals surface area contributed by atoms with E-state index in [1.54, 1.807) is 6.92 Å². The average molecular weight is 170 g/mol. The third-order valence-corrected chi connectivity index (χ3v) is 1.51. The molecule has 4 nitrogen and oxygen atoms in total. The molecular formula is C8H10O4-2. The van der Waals surface area contributed by atoms with Gasteiger partial charge in [-0.3, -0.25) is 0 Å². The fraction of sp³-hybridized carbons (Fsp3) is 0.500. The number of carbonyl (C=O) groups excluding carboxylic acids is 2. The van der Waals surface area contributed by atoms with E-state index in [4.69, 9.17) is 0 Å². The van der Waals surface area contributed by atoms with Crippen LogP contribution in [-0.2, 0) is 9.59 Å². The van der Waals surface area contributed by atoms with Crippen LogP contribution in [0.15, 0.2) is 11.1 Å². The highest BCUT2D eigenvalue weighted by Gasteiger charge is 2.03. The van der Waals surface area contributed by atoms with Crippen molar-refractivity contribution in [1.82, 2.24) is 0 Å². The molecule has 0 rings (SSSR count). The van der Waals surface area contributed by atoms with Crippen molar-refractivity contribution < 1.29 is 19.8 Å². The number of carbonyl (C=O) groups is 2. The molecule has 68 valence electrons. The lowest BCUT2D eigenvalue weighted by Crippen LogP contribution is -2.30. The van der Waals surface area contributed by atoms with Gasteiger partial charge in [-0.2, -0.15) is 0 Å². The third kappa shape index (κ3) is 2.74. The Balaban J connectivity index is 4.80. The molecule has 0 N–H and O–H groups in total. The first-order chi connectivity index (χ1) is 5.50. The van der Waals surface area contributed by atoms with E-state index in [9.17, 15) is 19.8 Å². The first kappa shape index (κ1) is 10.7. The second-order valence-electron chi connectivity index (χ2n) is 2.43. The van der Waals surface area contributed by atoms with Gasteiger partial charge in [0.2, 0.25) is 0 Å². The van der Waals surface area contributed by atoms with Gasteiger partial charge in [-0.05, 0) is 24.5 Å². The zero-order chi connectivity index (χ0) is 9.72. The highest BCUT2D eigenvalue weighted by molar-refractivity contribution is 5.96. The number of aliphatic carboxylic acids is 2. The molecule has 0 saturated heterocycles. The molecular weight excluding hydrogens is 160 g/mol. The monoisotopic (exact) mass is 170 g/mol. The molecule has 0 aromatic carbocycles. The first-order valence-corrected chi connectivity index (χ1v) is 3.63. The lowest BCUT2D eigenvalue weighted by Gasteiger charge is -2.12. The van der Waals surface area contributed by atoms with Crippen LogP contribution in [-0.4, -0.2) is 11.9 Å². The maximum atomic E-state index is 10.4. The van der Waals surface area contributed by atoms with Crippen LogP contribution in [0.2, 0.25) is 0 Å². The van der Waals surface area contributed by atoms with Crippen LogP contribution in [0.3, 0.4) is 0 Å². The van der Waals surface area contributed by atoms with E-state index in [2.05, 4.69) is 0 Å². The lowest BCUT2D eigenvalue weighted by molar-refractivity contribution is -0.304. The maximum Gasteiger partial charge on any atom is 0.0678 e. The molecule has 0 amide bonds. The Kier molecular flexibility index (Phi) is 4.04. The molecule has 0 bridgehead atoms. The van der Waals surface area contributed by atoms with Gasteiger partial charge in [0.05, 0.1) is 11.9 Å². The molecule has 12 heavy (non-hydrogen) atoms. The van der Waals surface area contributed by atoms with E-state index in [0.29, 0.717) is 6.42 Å². The van der Waals surface area contributed by atoms with Crippen molar-refractivity contribution in [3.05, 3.63) is 11.1 Å². The SMILES string of the molecule is CCC/C(C(=O)[O-])=C(\C)C(=O)[O-]. The van der Waals surface area contributed by atoms with Crippen molar-refractivity contribution >= 4 is 11.9 Å².